The van der Waals surface area contributed by atoms with E-state index in [0.29, 0.717) is 16.6 Å². The number of aromatic nitrogens is 6. The van der Waals surface area contributed by atoms with Gasteiger partial charge in [0.2, 0.25) is 0 Å². The van der Waals surface area contributed by atoms with Crippen LogP contribution in [-0.4, -0.2) is 29.9 Å². The van der Waals surface area contributed by atoms with Crippen molar-refractivity contribution in [3.8, 4) is 0 Å². The first kappa shape index (κ1) is 11.4. The van der Waals surface area contributed by atoms with Crippen LogP contribution in [0, 0.1) is 0 Å². The zero-order chi connectivity index (χ0) is 12.4. The summed E-state index contributed by atoms with van der Waals surface area (Å²) in [7, 11) is 0. The zero-order valence-corrected chi connectivity index (χ0v) is 10.6. The molecule has 0 aromatic carbocycles. The van der Waals surface area contributed by atoms with Gasteiger partial charge in [0.1, 0.15) is 22.0 Å². The standard InChI is InChI=1S/C10H7ClN6S/c11-7-2-12-6(1-13-7)3-18-10-8-9(15-4-14-8)16-5-17-10/h1-2,4-5H,3H2,(H,14,15,16,17). The lowest BCUT2D eigenvalue weighted by Crippen LogP contribution is -1.91. The topological polar surface area (TPSA) is 80.2 Å². The summed E-state index contributed by atoms with van der Waals surface area (Å²) in [4.78, 5) is 23.5. The Morgan fingerprint density at radius 2 is 2.06 bits per heavy atom. The number of hydrogen-bond donors (Lipinski definition) is 1. The van der Waals surface area contributed by atoms with Gasteiger partial charge in [0.25, 0.3) is 0 Å². The third-order valence-electron chi connectivity index (χ3n) is 2.22. The van der Waals surface area contributed by atoms with Crippen LogP contribution in [0.4, 0.5) is 0 Å². The second-order valence-electron chi connectivity index (χ2n) is 3.40. The number of hydrogen-bond acceptors (Lipinski definition) is 6. The summed E-state index contributed by atoms with van der Waals surface area (Å²) >= 11 is 7.22. The van der Waals surface area contributed by atoms with E-state index in [4.69, 9.17) is 11.6 Å². The molecule has 0 unspecified atom stereocenters. The molecule has 0 spiro atoms. The maximum Gasteiger partial charge on any atom is 0.181 e. The maximum atomic E-state index is 5.68. The molecule has 1 N–H and O–H groups in total. The van der Waals surface area contributed by atoms with Gasteiger partial charge in [-0.2, -0.15) is 0 Å². The van der Waals surface area contributed by atoms with E-state index in [9.17, 15) is 0 Å². The fourth-order valence-electron chi connectivity index (χ4n) is 1.41. The molecule has 6 nitrogen and oxygen atoms in total. The van der Waals surface area contributed by atoms with E-state index < -0.39 is 0 Å². The van der Waals surface area contributed by atoms with Crippen LogP contribution in [0.3, 0.4) is 0 Å². The van der Waals surface area contributed by atoms with Crippen molar-refractivity contribution < 1.29 is 0 Å². The van der Waals surface area contributed by atoms with Crippen molar-refractivity contribution in [2.75, 3.05) is 0 Å². The van der Waals surface area contributed by atoms with Gasteiger partial charge in [-0.3, -0.25) is 4.98 Å². The van der Waals surface area contributed by atoms with Gasteiger partial charge in [0, 0.05) is 5.75 Å². The van der Waals surface area contributed by atoms with Crippen molar-refractivity contribution in [2.24, 2.45) is 0 Å². The molecule has 3 aromatic heterocycles. The Morgan fingerprint density at radius 1 is 1.11 bits per heavy atom. The van der Waals surface area contributed by atoms with Crippen LogP contribution < -0.4 is 0 Å². The number of H-pyrrole nitrogens is 1. The van der Waals surface area contributed by atoms with E-state index in [1.807, 2.05) is 0 Å². The Hall–Kier alpha value is -1.73. The van der Waals surface area contributed by atoms with Crippen molar-refractivity contribution in [1.82, 2.24) is 29.9 Å². The van der Waals surface area contributed by atoms with Crippen LogP contribution >= 0.6 is 23.4 Å². The molecule has 0 atom stereocenters. The molecule has 0 radical (unpaired) electrons. The Kier molecular flexibility index (Phi) is 3.07. The summed E-state index contributed by atoms with van der Waals surface area (Å²) in [6.45, 7) is 0. The molecule has 0 bridgehead atoms. The van der Waals surface area contributed by atoms with E-state index in [-0.39, 0.29) is 0 Å². The highest BCUT2D eigenvalue weighted by Crippen LogP contribution is 2.24. The first-order chi connectivity index (χ1) is 8.83. The van der Waals surface area contributed by atoms with Crippen molar-refractivity contribution in [3.05, 3.63) is 35.9 Å². The molecule has 3 aromatic rings. The Bertz CT molecular complexity index is 667. The maximum absolute atomic E-state index is 5.68. The number of imidazole rings is 1. The Labute approximate surface area is 111 Å². The summed E-state index contributed by atoms with van der Waals surface area (Å²) in [5.41, 5.74) is 2.34. The molecule has 0 amide bonds. The average molecular weight is 279 g/mol. The molecule has 8 heteroatoms. The van der Waals surface area contributed by atoms with Crippen LogP contribution in [0.25, 0.3) is 11.2 Å². The van der Waals surface area contributed by atoms with Gasteiger partial charge >= 0.3 is 0 Å². The smallest absolute Gasteiger partial charge is 0.181 e. The molecule has 3 heterocycles. The highest BCUT2D eigenvalue weighted by atomic mass is 35.5. The number of thioether (sulfide) groups is 1. The molecular weight excluding hydrogens is 272 g/mol. The molecule has 0 aliphatic rings. The fraction of sp³-hybridized carbons (Fsp3) is 0.100. The van der Waals surface area contributed by atoms with Gasteiger partial charge < -0.3 is 4.98 Å². The number of rotatable bonds is 3. The van der Waals surface area contributed by atoms with E-state index in [1.54, 1.807) is 24.3 Å². The highest BCUT2D eigenvalue weighted by molar-refractivity contribution is 7.98. The minimum atomic E-state index is 0.391. The summed E-state index contributed by atoms with van der Waals surface area (Å²) in [5.74, 6) is 0.662. The summed E-state index contributed by atoms with van der Waals surface area (Å²) in [6.07, 6.45) is 6.29. The summed E-state index contributed by atoms with van der Waals surface area (Å²) in [5, 5.41) is 1.23. The molecule has 0 aliphatic heterocycles. The number of fused-ring (bicyclic) bond motifs is 1. The quantitative estimate of drug-likeness (QED) is 0.584. The first-order valence-electron chi connectivity index (χ1n) is 5.06. The lowest BCUT2D eigenvalue weighted by atomic mass is 10.5. The Balaban J connectivity index is 1.80. The van der Waals surface area contributed by atoms with Crippen LogP contribution in [0.2, 0.25) is 5.15 Å². The van der Waals surface area contributed by atoms with Gasteiger partial charge in [0.05, 0.1) is 24.4 Å². The van der Waals surface area contributed by atoms with E-state index in [1.165, 1.54) is 12.5 Å². The van der Waals surface area contributed by atoms with Crippen molar-refractivity contribution in [3.63, 3.8) is 0 Å². The molecule has 18 heavy (non-hydrogen) atoms. The lowest BCUT2D eigenvalue weighted by molar-refractivity contribution is 1.07. The first-order valence-corrected chi connectivity index (χ1v) is 6.42. The van der Waals surface area contributed by atoms with Crippen LogP contribution in [-0.2, 0) is 5.75 Å². The molecule has 0 saturated heterocycles. The van der Waals surface area contributed by atoms with Crippen LogP contribution in [0.5, 0.6) is 0 Å². The highest BCUT2D eigenvalue weighted by Gasteiger charge is 2.07. The van der Waals surface area contributed by atoms with Crippen molar-refractivity contribution >= 4 is 34.5 Å². The van der Waals surface area contributed by atoms with Gasteiger partial charge in [-0.15, -0.1) is 0 Å². The van der Waals surface area contributed by atoms with Crippen molar-refractivity contribution in [2.45, 2.75) is 10.8 Å². The zero-order valence-electron chi connectivity index (χ0n) is 9.04. The van der Waals surface area contributed by atoms with Crippen molar-refractivity contribution in [1.29, 1.82) is 0 Å². The number of nitrogens with zero attached hydrogens (tertiary/aromatic N) is 5. The molecular formula is C10H7ClN6S. The van der Waals surface area contributed by atoms with E-state index in [2.05, 4.69) is 29.9 Å². The van der Waals surface area contributed by atoms with Gasteiger partial charge in [0.15, 0.2) is 5.65 Å². The molecule has 3 rings (SSSR count). The third-order valence-corrected chi connectivity index (χ3v) is 3.44. The second kappa shape index (κ2) is 4.87. The van der Waals surface area contributed by atoms with Gasteiger partial charge in [-0.1, -0.05) is 23.4 Å². The largest absolute Gasteiger partial charge is 0.341 e. The van der Waals surface area contributed by atoms with E-state index in [0.717, 1.165) is 16.2 Å². The summed E-state index contributed by atoms with van der Waals surface area (Å²) in [6, 6.07) is 0. The summed E-state index contributed by atoms with van der Waals surface area (Å²) < 4.78 is 0. The third kappa shape index (κ3) is 2.27. The van der Waals surface area contributed by atoms with Gasteiger partial charge in [-0.25, -0.2) is 19.9 Å². The molecule has 0 saturated carbocycles. The van der Waals surface area contributed by atoms with Crippen LogP contribution in [0.15, 0.2) is 30.1 Å². The van der Waals surface area contributed by atoms with E-state index >= 15 is 0 Å². The van der Waals surface area contributed by atoms with Crippen LogP contribution in [0.1, 0.15) is 5.69 Å². The molecule has 90 valence electrons. The average Bonchev–Trinajstić information content (AvgIpc) is 2.87. The number of halogens is 1. The minimum absolute atomic E-state index is 0.391. The lowest BCUT2D eigenvalue weighted by Gasteiger charge is -2.00. The normalized spacial score (nSPS) is 10.9. The monoisotopic (exact) mass is 278 g/mol. The Morgan fingerprint density at radius 3 is 2.89 bits per heavy atom. The fourth-order valence-corrected chi connectivity index (χ4v) is 2.36. The second-order valence-corrected chi connectivity index (χ2v) is 4.75. The predicted octanol–water partition coefficient (Wildman–Crippen LogP) is 2.09. The molecule has 0 fully saturated rings. The number of nitrogens with one attached hydrogen (secondary N) is 1. The van der Waals surface area contributed by atoms with Gasteiger partial charge in [-0.05, 0) is 0 Å². The predicted molar refractivity (Wildman–Crippen MR) is 68.3 cm³/mol. The minimum Gasteiger partial charge on any atom is -0.341 e. The number of aromatic amines is 1. The molecule has 0 aliphatic carbocycles. The SMILES string of the molecule is Clc1cnc(CSc2ncnc3nc[nH]c23)cn1.